The van der Waals surface area contributed by atoms with Crippen LogP contribution in [-0.4, -0.2) is 22.9 Å². The van der Waals surface area contributed by atoms with Gasteiger partial charge in [0.25, 0.3) is 0 Å². The van der Waals surface area contributed by atoms with E-state index in [1.807, 2.05) is 6.92 Å². The van der Waals surface area contributed by atoms with Crippen molar-refractivity contribution in [1.82, 2.24) is 9.69 Å². The standard InChI is InChI=1S/C11H16N4OS/c1-4-5-13-10(16)8(3)14-11-9(6-12)7(2)15-17-11/h8,14H,4-5H2,1-3H3,(H,13,16). The normalized spacial score (nSPS) is 11.6. The minimum Gasteiger partial charge on any atom is -0.363 e. The molecule has 2 N–H and O–H groups in total. The van der Waals surface area contributed by atoms with E-state index in [4.69, 9.17) is 5.26 Å². The second kappa shape index (κ2) is 6.21. The van der Waals surface area contributed by atoms with Gasteiger partial charge in [-0.1, -0.05) is 6.92 Å². The van der Waals surface area contributed by atoms with E-state index in [0.717, 1.165) is 6.42 Å². The number of anilines is 1. The maximum absolute atomic E-state index is 11.6. The first kappa shape index (κ1) is 13.5. The molecule has 0 aliphatic rings. The zero-order valence-electron chi connectivity index (χ0n) is 10.2. The smallest absolute Gasteiger partial charge is 0.242 e. The second-order valence-electron chi connectivity index (χ2n) is 3.74. The van der Waals surface area contributed by atoms with Crippen LogP contribution in [0.25, 0.3) is 0 Å². The Morgan fingerprint density at radius 1 is 1.65 bits per heavy atom. The first-order valence-electron chi connectivity index (χ1n) is 5.50. The molecule has 1 rings (SSSR count). The zero-order chi connectivity index (χ0) is 12.8. The summed E-state index contributed by atoms with van der Waals surface area (Å²) in [5.74, 6) is -0.0678. The van der Waals surface area contributed by atoms with E-state index in [-0.39, 0.29) is 11.9 Å². The molecule has 5 nitrogen and oxygen atoms in total. The van der Waals surface area contributed by atoms with Crippen LogP contribution in [0.2, 0.25) is 0 Å². The highest BCUT2D eigenvalue weighted by Crippen LogP contribution is 2.23. The summed E-state index contributed by atoms with van der Waals surface area (Å²) < 4.78 is 4.09. The molecule has 1 aromatic rings. The fourth-order valence-electron chi connectivity index (χ4n) is 1.26. The van der Waals surface area contributed by atoms with Crippen LogP contribution in [-0.2, 0) is 4.79 Å². The number of aromatic nitrogens is 1. The quantitative estimate of drug-likeness (QED) is 0.835. The van der Waals surface area contributed by atoms with Crippen molar-refractivity contribution in [2.75, 3.05) is 11.9 Å². The van der Waals surface area contributed by atoms with Crippen LogP contribution in [0.5, 0.6) is 0 Å². The van der Waals surface area contributed by atoms with Gasteiger partial charge in [-0.25, -0.2) is 0 Å². The average molecular weight is 252 g/mol. The number of hydrogen-bond donors (Lipinski definition) is 2. The predicted octanol–water partition coefficient (Wildman–Crippen LogP) is 1.65. The van der Waals surface area contributed by atoms with Gasteiger partial charge < -0.3 is 10.6 Å². The molecule has 92 valence electrons. The summed E-state index contributed by atoms with van der Waals surface area (Å²) in [7, 11) is 0. The number of nitrogens with one attached hydrogen (secondary N) is 2. The molecular formula is C11H16N4OS. The summed E-state index contributed by atoms with van der Waals surface area (Å²) in [4.78, 5) is 11.6. The molecule has 0 fully saturated rings. The number of amides is 1. The number of rotatable bonds is 5. The number of carbonyl (C=O) groups excluding carboxylic acids is 1. The van der Waals surface area contributed by atoms with E-state index in [1.54, 1.807) is 13.8 Å². The van der Waals surface area contributed by atoms with Crippen LogP contribution in [0, 0.1) is 18.3 Å². The monoisotopic (exact) mass is 252 g/mol. The van der Waals surface area contributed by atoms with Crippen molar-refractivity contribution in [2.45, 2.75) is 33.2 Å². The number of aryl methyl sites for hydroxylation is 1. The van der Waals surface area contributed by atoms with Gasteiger partial charge in [-0.15, -0.1) is 0 Å². The van der Waals surface area contributed by atoms with E-state index in [0.29, 0.717) is 22.8 Å². The fourth-order valence-corrected chi connectivity index (χ4v) is 2.10. The van der Waals surface area contributed by atoms with Crippen molar-refractivity contribution in [2.24, 2.45) is 0 Å². The summed E-state index contributed by atoms with van der Waals surface area (Å²) in [6.45, 7) is 6.21. The van der Waals surface area contributed by atoms with Crippen molar-refractivity contribution < 1.29 is 4.79 Å². The van der Waals surface area contributed by atoms with Gasteiger partial charge in [0.15, 0.2) is 0 Å². The molecule has 0 aliphatic heterocycles. The van der Waals surface area contributed by atoms with Crippen molar-refractivity contribution >= 4 is 22.4 Å². The first-order chi connectivity index (χ1) is 8.10. The number of nitrogens with zero attached hydrogens (tertiary/aromatic N) is 2. The van der Waals surface area contributed by atoms with Crippen LogP contribution < -0.4 is 10.6 Å². The third kappa shape index (κ3) is 3.43. The molecule has 17 heavy (non-hydrogen) atoms. The summed E-state index contributed by atoms with van der Waals surface area (Å²) in [6.07, 6.45) is 0.904. The first-order valence-corrected chi connectivity index (χ1v) is 6.28. The minimum atomic E-state index is -0.367. The van der Waals surface area contributed by atoms with E-state index < -0.39 is 0 Å². The molecule has 0 radical (unpaired) electrons. The zero-order valence-corrected chi connectivity index (χ0v) is 11.0. The lowest BCUT2D eigenvalue weighted by atomic mass is 10.2. The minimum absolute atomic E-state index is 0.0678. The lowest BCUT2D eigenvalue weighted by molar-refractivity contribution is -0.121. The largest absolute Gasteiger partial charge is 0.363 e. The fraction of sp³-hybridized carbons (Fsp3) is 0.545. The molecule has 0 bridgehead atoms. The van der Waals surface area contributed by atoms with Gasteiger partial charge in [0.05, 0.1) is 5.69 Å². The van der Waals surface area contributed by atoms with Crippen LogP contribution in [0.15, 0.2) is 0 Å². The second-order valence-corrected chi connectivity index (χ2v) is 4.51. The lowest BCUT2D eigenvalue weighted by Gasteiger charge is -2.13. The third-order valence-electron chi connectivity index (χ3n) is 2.26. The summed E-state index contributed by atoms with van der Waals surface area (Å²) in [5, 5.41) is 15.4. The molecule has 1 heterocycles. The molecule has 1 aromatic heterocycles. The Morgan fingerprint density at radius 3 is 2.94 bits per heavy atom. The van der Waals surface area contributed by atoms with Crippen LogP contribution >= 0.6 is 11.5 Å². The maximum atomic E-state index is 11.6. The van der Waals surface area contributed by atoms with Gasteiger partial charge in [0, 0.05) is 6.54 Å². The Bertz CT molecular complexity index is 435. The number of carbonyl (C=O) groups is 1. The highest BCUT2D eigenvalue weighted by molar-refractivity contribution is 7.10. The molecule has 0 saturated heterocycles. The molecule has 6 heteroatoms. The molecule has 0 aromatic carbocycles. The van der Waals surface area contributed by atoms with E-state index in [2.05, 4.69) is 21.1 Å². The Hall–Kier alpha value is -1.61. The highest BCUT2D eigenvalue weighted by atomic mass is 32.1. The predicted molar refractivity (Wildman–Crippen MR) is 68.0 cm³/mol. The third-order valence-corrected chi connectivity index (χ3v) is 3.13. The lowest BCUT2D eigenvalue weighted by Crippen LogP contribution is -2.37. The Morgan fingerprint density at radius 2 is 2.35 bits per heavy atom. The van der Waals surface area contributed by atoms with Crippen molar-refractivity contribution in [1.29, 1.82) is 5.26 Å². The molecular weight excluding hydrogens is 236 g/mol. The number of nitriles is 1. The summed E-state index contributed by atoms with van der Waals surface area (Å²) in [6, 6.07) is 1.72. The van der Waals surface area contributed by atoms with Crippen LogP contribution in [0.3, 0.4) is 0 Å². The molecule has 1 amide bonds. The van der Waals surface area contributed by atoms with Gasteiger partial charge in [-0.2, -0.15) is 9.64 Å². The van der Waals surface area contributed by atoms with Gasteiger partial charge in [-0.3, -0.25) is 4.79 Å². The molecule has 1 atom stereocenters. The highest BCUT2D eigenvalue weighted by Gasteiger charge is 2.16. The van der Waals surface area contributed by atoms with Gasteiger partial charge >= 0.3 is 0 Å². The Kier molecular flexibility index (Phi) is 4.91. The molecule has 0 saturated carbocycles. The van der Waals surface area contributed by atoms with Gasteiger partial charge in [-0.05, 0) is 31.8 Å². The Labute approximate surface area is 105 Å². The van der Waals surface area contributed by atoms with Crippen LogP contribution in [0.4, 0.5) is 5.00 Å². The average Bonchev–Trinajstić information content (AvgIpc) is 2.66. The van der Waals surface area contributed by atoms with Crippen molar-refractivity contribution in [3.05, 3.63) is 11.3 Å². The maximum Gasteiger partial charge on any atom is 0.242 e. The summed E-state index contributed by atoms with van der Waals surface area (Å²) in [5.41, 5.74) is 1.21. The molecule has 0 aliphatic carbocycles. The molecule has 0 spiro atoms. The van der Waals surface area contributed by atoms with E-state index in [9.17, 15) is 4.79 Å². The van der Waals surface area contributed by atoms with Gasteiger partial charge in [0.2, 0.25) is 5.91 Å². The van der Waals surface area contributed by atoms with E-state index in [1.165, 1.54) is 11.5 Å². The number of hydrogen-bond acceptors (Lipinski definition) is 5. The van der Waals surface area contributed by atoms with E-state index >= 15 is 0 Å². The van der Waals surface area contributed by atoms with Crippen LogP contribution in [0.1, 0.15) is 31.5 Å². The van der Waals surface area contributed by atoms with Crippen molar-refractivity contribution in [3.63, 3.8) is 0 Å². The SMILES string of the molecule is CCCNC(=O)C(C)Nc1snc(C)c1C#N. The van der Waals surface area contributed by atoms with Crippen molar-refractivity contribution in [3.8, 4) is 6.07 Å². The topological polar surface area (TPSA) is 77.8 Å². The Balaban J connectivity index is 2.65. The summed E-state index contributed by atoms with van der Waals surface area (Å²) >= 11 is 1.21. The molecule has 1 unspecified atom stereocenters. The van der Waals surface area contributed by atoms with Gasteiger partial charge in [0.1, 0.15) is 22.7 Å².